The van der Waals surface area contributed by atoms with Crippen molar-refractivity contribution in [2.45, 2.75) is 19.8 Å². The van der Waals surface area contributed by atoms with Crippen LogP contribution >= 0.6 is 15.9 Å². The third kappa shape index (κ3) is 2.09. The van der Waals surface area contributed by atoms with Crippen LogP contribution in [-0.4, -0.2) is 11.8 Å². The van der Waals surface area contributed by atoms with Crippen LogP contribution in [0.3, 0.4) is 0 Å². The Morgan fingerprint density at radius 1 is 1.44 bits per heavy atom. The summed E-state index contributed by atoms with van der Waals surface area (Å²) in [6, 6.07) is 5.65. The highest BCUT2D eigenvalue weighted by Gasteiger charge is 2.24. The molecule has 0 unspecified atom stereocenters. The lowest BCUT2D eigenvalue weighted by molar-refractivity contribution is -0.125. The van der Waals surface area contributed by atoms with E-state index in [1.807, 2.05) is 18.2 Å². The van der Waals surface area contributed by atoms with Gasteiger partial charge in [0.15, 0.2) is 0 Å². The van der Waals surface area contributed by atoms with Crippen molar-refractivity contribution in [2.24, 2.45) is 0 Å². The van der Waals surface area contributed by atoms with E-state index in [9.17, 15) is 9.59 Å². The number of hydrazine groups is 1. The zero-order valence-electron chi connectivity index (χ0n) is 8.79. The molecule has 2 rings (SSSR count). The first-order valence-electron chi connectivity index (χ1n) is 4.96. The highest BCUT2D eigenvalue weighted by Crippen LogP contribution is 2.29. The fourth-order valence-corrected chi connectivity index (χ4v) is 2.15. The molecule has 1 aromatic rings. The second-order valence-electron chi connectivity index (χ2n) is 3.67. The standard InChI is InChI=1S/C11H11BrN2O2/c1-7(15)13-14-10-4-3-9(12)6-8(10)2-5-11(14)16/h3-4,6H,2,5H2,1H3,(H,13,15). The van der Waals surface area contributed by atoms with E-state index < -0.39 is 0 Å². The monoisotopic (exact) mass is 282 g/mol. The molecular weight excluding hydrogens is 272 g/mol. The first-order chi connectivity index (χ1) is 7.58. The maximum absolute atomic E-state index is 11.7. The first kappa shape index (κ1) is 11.1. The van der Waals surface area contributed by atoms with Gasteiger partial charge in [0, 0.05) is 17.8 Å². The first-order valence-corrected chi connectivity index (χ1v) is 5.76. The lowest BCUT2D eigenvalue weighted by Gasteiger charge is -2.29. The summed E-state index contributed by atoms with van der Waals surface area (Å²) >= 11 is 3.39. The number of carbonyl (C=O) groups excluding carboxylic acids is 2. The van der Waals surface area contributed by atoms with E-state index in [1.165, 1.54) is 11.9 Å². The molecule has 1 aromatic carbocycles. The predicted octanol–water partition coefficient (Wildman–Crippen LogP) is 1.78. The van der Waals surface area contributed by atoms with Gasteiger partial charge in [-0.25, -0.2) is 5.01 Å². The molecule has 1 N–H and O–H groups in total. The van der Waals surface area contributed by atoms with Crippen LogP contribution in [0.25, 0.3) is 0 Å². The van der Waals surface area contributed by atoms with Gasteiger partial charge in [0.05, 0.1) is 5.69 Å². The maximum atomic E-state index is 11.7. The number of nitrogens with one attached hydrogen (secondary N) is 1. The average molecular weight is 283 g/mol. The molecule has 4 nitrogen and oxygen atoms in total. The molecule has 1 heterocycles. The van der Waals surface area contributed by atoms with Crippen LogP contribution in [-0.2, 0) is 16.0 Å². The van der Waals surface area contributed by atoms with Crippen LogP contribution in [0.5, 0.6) is 0 Å². The van der Waals surface area contributed by atoms with Crippen molar-refractivity contribution in [3.63, 3.8) is 0 Å². The molecule has 0 bridgehead atoms. The molecule has 0 saturated carbocycles. The summed E-state index contributed by atoms with van der Waals surface area (Å²) in [5.41, 5.74) is 4.35. The summed E-state index contributed by atoms with van der Waals surface area (Å²) in [5.74, 6) is -0.325. The van der Waals surface area contributed by atoms with E-state index in [0.717, 1.165) is 15.7 Å². The van der Waals surface area contributed by atoms with Gasteiger partial charge in [-0.15, -0.1) is 0 Å². The Morgan fingerprint density at radius 3 is 2.88 bits per heavy atom. The summed E-state index contributed by atoms with van der Waals surface area (Å²) < 4.78 is 0.975. The van der Waals surface area contributed by atoms with E-state index in [0.29, 0.717) is 12.8 Å². The molecule has 0 aromatic heterocycles. The van der Waals surface area contributed by atoms with Gasteiger partial charge < -0.3 is 0 Å². The zero-order chi connectivity index (χ0) is 11.7. The molecule has 0 radical (unpaired) electrons. The number of hydrogen-bond acceptors (Lipinski definition) is 2. The number of fused-ring (bicyclic) bond motifs is 1. The molecule has 84 valence electrons. The third-order valence-electron chi connectivity index (χ3n) is 2.41. The van der Waals surface area contributed by atoms with Crippen molar-refractivity contribution in [3.05, 3.63) is 28.2 Å². The van der Waals surface area contributed by atoms with Crippen molar-refractivity contribution < 1.29 is 9.59 Å². The van der Waals surface area contributed by atoms with E-state index in [-0.39, 0.29) is 11.8 Å². The van der Waals surface area contributed by atoms with E-state index >= 15 is 0 Å². The molecule has 0 saturated heterocycles. The number of carbonyl (C=O) groups is 2. The summed E-state index contributed by atoms with van der Waals surface area (Å²) in [6.07, 6.45) is 1.13. The Bertz CT molecular complexity index is 459. The number of nitrogens with zero attached hydrogens (tertiary/aromatic N) is 1. The van der Waals surface area contributed by atoms with Crippen LogP contribution in [0.1, 0.15) is 18.9 Å². The van der Waals surface area contributed by atoms with Gasteiger partial charge in [-0.3, -0.25) is 15.0 Å². The minimum absolute atomic E-state index is 0.0787. The summed E-state index contributed by atoms with van der Waals surface area (Å²) in [6.45, 7) is 1.39. The van der Waals surface area contributed by atoms with Gasteiger partial charge in [0.1, 0.15) is 0 Å². The van der Waals surface area contributed by atoms with Crippen molar-refractivity contribution >= 4 is 33.4 Å². The topological polar surface area (TPSA) is 49.4 Å². The molecule has 0 atom stereocenters. The molecule has 1 aliphatic heterocycles. The van der Waals surface area contributed by atoms with Gasteiger partial charge in [0.25, 0.3) is 0 Å². The molecule has 0 spiro atoms. The Morgan fingerprint density at radius 2 is 2.19 bits per heavy atom. The van der Waals surface area contributed by atoms with Gasteiger partial charge in [-0.2, -0.15) is 0 Å². The quantitative estimate of drug-likeness (QED) is 0.854. The summed E-state index contributed by atoms with van der Waals surface area (Å²) in [4.78, 5) is 22.7. The molecule has 2 amide bonds. The molecule has 16 heavy (non-hydrogen) atoms. The normalized spacial score (nSPS) is 14.6. The van der Waals surface area contributed by atoms with Gasteiger partial charge >= 0.3 is 0 Å². The molecule has 0 aliphatic carbocycles. The van der Waals surface area contributed by atoms with Crippen molar-refractivity contribution in [2.75, 3.05) is 5.01 Å². The number of benzene rings is 1. The largest absolute Gasteiger partial charge is 0.274 e. The smallest absolute Gasteiger partial charge is 0.246 e. The Hall–Kier alpha value is -1.36. The van der Waals surface area contributed by atoms with E-state index in [4.69, 9.17) is 0 Å². The Kier molecular flexibility index (Phi) is 2.96. The van der Waals surface area contributed by atoms with Crippen molar-refractivity contribution in [1.82, 2.24) is 5.43 Å². The van der Waals surface area contributed by atoms with Crippen molar-refractivity contribution in [3.8, 4) is 0 Å². The number of amides is 2. The summed E-state index contributed by atoms with van der Waals surface area (Å²) in [5, 5.41) is 1.33. The molecule has 5 heteroatoms. The number of aryl methyl sites for hydroxylation is 1. The Labute approximate surface area is 102 Å². The number of anilines is 1. The highest BCUT2D eigenvalue weighted by molar-refractivity contribution is 9.10. The lowest BCUT2D eigenvalue weighted by atomic mass is 10.0. The second kappa shape index (κ2) is 4.25. The maximum Gasteiger partial charge on any atom is 0.246 e. The van der Waals surface area contributed by atoms with Crippen molar-refractivity contribution in [1.29, 1.82) is 0 Å². The van der Waals surface area contributed by atoms with Gasteiger partial charge in [-0.05, 0) is 30.2 Å². The minimum atomic E-state index is -0.246. The Balaban J connectivity index is 2.40. The van der Waals surface area contributed by atoms with Gasteiger partial charge in [0.2, 0.25) is 11.8 Å². The number of halogens is 1. The fourth-order valence-electron chi connectivity index (χ4n) is 1.74. The number of rotatable bonds is 1. The second-order valence-corrected chi connectivity index (χ2v) is 4.59. The molecule has 0 fully saturated rings. The minimum Gasteiger partial charge on any atom is -0.274 e. The van der Waals surface area contributed by atoms with Gasteiger partial charge in [-0.1, -0.05) is 15.9 Å². The van der Waals surface area contributed by atoms with E-state index in [1.54, 1.807) is 0 Å². The zero-order valence-corrected chi connectivity index (χ0v) is 10.4. The predicted molar refractivity (Wildman–Crippen MR) is 63.8 cm³/mol. The highest BCUT2D eigenvalue weighted by atomic mass is 79.9. The average Bonchev–Trinajstić information content (AvgIpc) is 2.22. The lowest BCUT2D eigenvalue weighted by Crippen LogP contribution is -2.47. The fraction of sp³-hybridized carbons (Fsp3) is 0.273. The molecule has 1 aliphatic rings. The van der Waals surface area contributed by atoms with Crippen LogP contribution in [0.15, 0.2) is 22.7 Å². The van der Waals surface area contributed by atoms with E-state index in [2.05, 4.69) is 21.4 Å². The van der Waals surface area contributed by atoms with Crippen LogP contribution in [0.2, 0.25) is 0 Å². The van der Waals surface area contributed by atoms with Crippen LogP contribution < -0.4 is 10.4 Å². The number of hydrogen-bond donors (Lipinski definition) is 1. The SMILES string of the molecule is CC(=O)NN1C(=O)CCc2cc(Br)ccc21. The third-order valence-corrected chi connectivity index (χ3v) is 2.90. The van der Waals surface area contributed by atoms with Crippen LogP contribution in [0.4, 0.5) is 5.69 Å². The summed E-state index contributed by atoms with van der Waals surface area (Å²) in [7, 11) is 0. The molecular formula is C11H11BrN2O2. The van der Waals surface area contributed by atoms with Crippen LogP contribution in [0, 0.1) is 0 Å².